The molecular weight excluding hydrogens is 246 g/mol. The van der Waals surface area contributed by atoms with Crippen molar-refractivity contribution in [2.24, 2.45) is 0 Å². The number of hydrogen-bond donors (Lipinski definition) is 1. The number of rotatable bonds is 1. The van der Waals surface area contributed by atoms with Crippen LogP contribution in [0.3, 0.4) is 0 Å². The Kier molecular flexibility index (Phi) is 3.17. The van der Waals surface area contributed by atoms with Gasteiger partial charge in [-0.25, -0.2) is 4.98 Å². The van der Waals surface area contributed by atoms with Gasteiger partial charge in [0.15, 0.2) is 0 Å². The van der Waals surface area contributed by atoms with Crippen LogP contribution in [0.4, 0.5) is 0 Å². The Morgan fingerprint density at radius 2 is 1.70 bits per heavy atom. The van der Waals surface area contributed by atoms with Gasteiger partial charge in [-0.05, 0) is 56.9 Å². The van der Waals surface area contributed by atoms with E-state index in [4.69, 9.17) is 4.98 Å². The fraction of sp³-hybridized carbons (Fsp3) is 0.471. The van der Waals surface area contributed by atoms with E-state index in [1.807, 2.05) is 0 Å². The van der Waals surface area contributed by atoms with Gasteiger partial charge in [0, 0.05) is 25.2 Å². The average Bonchev–Trinajstić information content (AvgIpc) is 2.75. The molecule has 3 nitrogen and oxygen atoms in total. The van der Waals surface area contributed by atoms with Crippen molar-refractivity contribution in [1.29, 1.82) is 0 Å². The molecule has 1 aromatic heterocycles. The second-order valence-electron chi connectivity index (χ2n) is 5.92. The summed E-state index contributed by atoms with van der Waals surface area (Å²) in [6, 6.07) is 2.28. The predicted octanol–water partition coefficient (Wildman–Crippen LogP) is 3.20. The first kappa shape index (κ1) is 13.4. The Bertz CT molecular complexity index is 654. The number of hydrogen-bond acceptors (Lipinski definition) is 2. The first-order valence-electron chi connectivity index (χ1n) is 7.35. The molecule has 1 aliphatic heterocycles. The molecule has 2 aromatic rings. The molecule has 1 aromatic carbocycles. The van der Waals surface area contributed by atoms with Gasteiger partial charge in [0.25, 0.3) is 0 Å². The van der Waals surface area contributed by atoms with Crippen LogP contribution in [0, 0.1) is 34.6 Å². The lowest BCUT2D eigenvalue weighted by molar-refractivity contribution is 0.508. The van der Waals surface area contributed by atoms with Crippen molar-refractivity contribution < 1.29 is 0 Å². The standard InChI is InChI=1S/C17H23N3/c1-10-8-11(2)13(4)16(12(10)3)17-15-9-18-6-7-20(15)14(5)19-17/h8,18H,6-7,9H2,1-5H3. The molecule has 0 atom stereocenters. The molecule has 0 saturated heterocycles. The second-order valence-corrected chi connectivity index (χ2v) is 5.92. The van der Waals surface area contributed by atoms with Crippen molar-refractivity contribution in [2.45, 2.75) is 47.7 Å². The fourth-order valence-corrected chi connectivity index (χ4v) is 3.26. The van der Waals surface area contributed by atoms with E-state index in [9.17, 15) is 0 Å². The van der Waals surface area contributed by atoms with E-state index >= 15 is 0 Å². The van der Waals surface area contributed by atoms with E-state index in [1.54, 1.807) is 0 Å². The van der Waals surface area contributed by atoms with E-state index in [2.05, 4.69) is 50.6 Å². The average molecular weight is 269 g/mol. The summed E-state index contributed by atoms with van der Waals surface area (Å²) in [5.41, 5.74) is 9.28. The maximum Gasteiger partial charge on any atom is 0.106 e. The summed E-state index contributed by atoms with van der Waals surface area (Å²) in [5, 5.41) is 3.47. The predicted molar refractivity (Wildman–Crippen MR) is 83.1 cm³/mol. The van der Waals surface area contributed by atoms with Gasteiger partial charge in [-0.15, -0.1) is 0 Å². The van der Waals surface area contributed by atoms with Crippen LogP contribution in [-0.4, -0.2) is 16.1 Å². The van der Waals surface area contributed by atoms with Gasteiger partial charge >= 0.3 is 0 Å². The Morgan fingerprint density at radius 3 is 2.35 bits per heavy atom. The van der Waals surface area contributed by atoms with Crippen molar-refractivity contribution in [3.05, 3.63) is 39.8 Å². The normalized spacial score (nSPS) is 14.4. The third-order valence-corrected chi connectivity index (χ3v) is 4.67. The van der Waals surface area contributed by atoms with Crippen LogP contribution in [-0.2, 0) is 13.1 Å². The van der Waals surface area contributed by atoms with Crippen molar-refractivity contribution in [1.82, 2.24) is 14.9 Å². The zero-order valence-electron chi connectivity index (χ0n) is 13.1. The van der Waals surface area contributed by atoms with Crippen LogP contribution >= 0.6 is 0 Å². The van der Waals surface area contributed by atoms with Gasteiger partial charge in [0.1, 0.15) is 5.82 Å². The van der Waals surface area contributed by atoms with Crippen LogP contribution in [0.5, 0.6) is 0 Å². The SMILES string of the molecule is Cc1cc(C)c(C)c(-c2nc(C)n3c2CNCC3)c1C. The van der Waals surface area contributed by atoms with Gasteiger partial charge in [-0.2, -0.15) is 0 Å². The molecule has 0 amide bonds. The molecule has 2 heterocycles. The first-order valence-corrected chi connectivity index (χ1v) is 7.35. The minimum absolute atomic E-state index is 0.919. The summed E-state index contributed by atoms with van der Waals surface area (Å²) in [5.74, 6) is 1.13. The molecule has 1 aliphatic rings. The van der Waals surface area contributed by atoms with Crippen LogP contribution in [0.2, 0.25) is 0 Å². The van der Waals surface area contributed by atoms with E-state index < -0.39 is 0 Å². The molecule has 1 N–H and O–H groups in total. The highest BCUT2D eigenvalue weighted by molar-refractivity contribution is 5.73. The van der Waals surface area contributed by atoms with Gasteiger partial charge in [-0.1, -0.05) is 6.07 Å². The van der Waals surface area contributed by atoms with Gasteiger partial charge < -0.3 is 9.88 Å². The molecule has 0 aliphatic carbocycles. The second kappa shape index (κ2) is 4.74. The lowest BCUT2D eigenvalue weighted by Gasteiger charge is -2.20. The van der Waals surface area contributed by atoms with Crippen molar-refractivity contribution >= 4 is 0 Å². The molecule has 0 unspecified atom stereocenters. The van der Waals surface area contributed by atoms with E-state index in [0.717, 1.165) is 25.5 Å². The Labute approximate surface area is 121 Å². The van der Waals surface area contributed by atoms with Crippen molar-refractivity contribution in [3.63, 3.8) is 0 Å². The van der Waals surface area contributed by atoms with Crippen molar-refractivity contribution in [3.8, 4) is 11.3 Å². The summed E-state index contributed by atoms with van der Waals surface area (Å²) in [6.45, 7) is 13.9. The first-order chi connectivity index (χ1) is 9.50. The number of aryl methyl sites for hydroxylation is 3. The summed E-state index contributed by atoms with van der Waals surface area (Å²) in [4.78, 5) is 4.89. The zero-order chi connectivity index (χ0) is 14.4. The Hall–Kier alpha value is -1.61. The smallest absolute Gasteiger partial charge is 0.106 e. The molecule has 0 spiro atoms. The highest BCUT2D eigenvalue weighted by Crippen LogP contribution is 2.34. The van der Waals surface area contributed by atoms with Gasteiger partial charge in [-0.3, -0.25) is 0 Å². The van der Waals surface area contributed by atoms with Crippen LogP contribution in [0.15, 0.2) is 6.07 Å². The maximum absolute atomic E-state index is 4.89. The maximum atomic E-state index is 4.89. The fourth-order valence-electron chi connectivity index (χ4n) is 3.26. The number of nitrogens with one attached hydrogen (secondary N) is 1. The molecule has 3 heteroatoms. The number of imidazole rings is 1. The molecule has 0 radical (unpaired) electrons. The largest absolute Gasteiger partial charge is 0.329 e. The quantitative estimate of drug-likeness (QED) is 0.861. The highest BCUT2D eigenvalue weighted by atomic mass is 15.1. The van der Waals surface area contributed by atoms with Crippen LogP contribution in [0.1, 0.15) is 33.8 Å². The Morgan fingerprint density at radius 1 is 1.05 bits per heavy atom. The van der Waals surface area contributed by atoms with E-state index in [-0.39, 0.29) is 0 Å². The summed E-state index contributed by atoms with van der Waals surface area (Å²) in [6.07, 6.45) is 0. The Balaban J connectivity index is 2.30. The number of aromatic nitrogens is 2. The highest BCUT2D eigenvalue weighted by Gasteiger charge is 2.22. The molecule has 20 heavy (non-hydrogen) atoms. The van der Waals surface area contributed by atoms with Gasteiger partial charge in [0.2, 0.25) is 0 Å². The van der Waals surface area contributed by atoms with Crippen LogP contribution < -0.4 is 5.32 Å². The molecule has 3 rings (SSSR count). The molecule has 0 fully saturated rings. The van der Waals surface area contributed by atoms with E-state index in [1.165, 1.54) is 39.2 Å². The number of benzene rings is 1. The monoisotopic (exact) mass is 269 g/mol. The molecule has 0 saturated carbocycles. The number of fused-ring (bicyclic) bond motifs is 1. The van der Waals surface area contributed by atoms with Gasteiger partial charge in [0.05, 0.1) is 11.4 Å². The molecular formula is C17H23N3. The van der Waals surface area contributed by atoms with Crippen LogP contribution in [0.25, 0.3) is 11.3 Å². The minimum Gasteiger partial charge on any atom is -0.329 e. The summed E-state index contributed by atoms with van der Waals surface area (Å²) >= 11 is 0. The lowest BCUT2D eigenvalue weighted by Crippen LogP contribution is -2.28. The third-order valence-electron chi connectivity index (χ3n) is 4.67. The minimum atomic E-state index is 0.919. The molecule has 0 bridgehead atoms. The van der Waals surface area contributed by atoms with Crippen molar-refractivity contribution in [2.75, 3.05) is 6.54 Å². The molecule has 106 valence electrons. The number of nitrogens with zero attached hydrogens (tertiary/aromatic N) is 2. The lowest BCUT2D eigenvalue weighted by atomic mass is 9.91. The van der Waals surface area contributed by atoms with E-state index in [0.29, 0.717) is 0 Å². The third kappa shape index (κ3) is 1.88. The summed E-state index contributed by atoms with van der Waals surface area (Å²) in [7, 11) is 0. The zero-order valence-corrected chi connectivity index (χ0v) is 13.1. The summed E-state index contributed by atoms with van der Waals surface area (Å²) < 4.78 is 2.36. The topological polar surface area (TPSA) is 29.9 Å².